The van der Waals surface area contributed by atoms with E-state index >= 15 is 0 Å². The molecule has 1 aromatic carbocycles. The summed E-state index contributed by atoms with van der Waals surface area (Å²) in [5.74, 6) is 0. The van der Waals surface area contributed by atoms with Gasteiger partial charge in [-0.2, -0.15) is 0 Å². The minimum atomic E-state index is 1.23. The van der Waals surface area contributed by atoms with Crippen molar-refractivity contribution >= 4 is 33.2 Å². The van der Waals surface area contributed by atoms with Gasteiger partial charge in [-0.15, -0.1) is 11.3 Å². The monoisotopic (exact) mass is 199 g/mol. The highest BCUT2D eigenvalue weighted by atomic mass is 32.1. The second kappa shape index (κ2) is 3.00. The number of thiophene rings is 1. The molecular formula is C12H9NS. The van der Waals surface area contributed by atoms with Crippen LogP contribution in [0.3, 0.4) is 0 Å². The van der Waals surface area contributed by atoms with E-state index in [4.69, 9.17) is 0 Å². The van der Waals surface area contributed by atoms with E-state index in [1.807, 2.05) is 23.6 Å². The first kappa shape index (κ1) is 7.83. The lowest BCUT2D eigenvalue weighted by molar-refractivity contribution is 1.68. The molecule has 3 rings (SSSR count). The van der Waals surface area contributed by atoms with Gasteiger partial charge in [-0.25, -0.2) is 0 Å². The van der Waals surface area contributed by atoms with Crippen LogP contribution in [0.2, 0.25) is 0 Å². The number of rotatable bonds is 0. The summed E-state index contributed by atoms with van der Waals surface area (Å²) in [4.78, 5) is 1.30. The first-order valence-corrected chi connectivity index (χ1v) is 5.38. The van der Waals surface area contributed by atoms with Crippen molar-refractivity contribution in [3.8, 4) is 0 Å². The lowest BCUT2D eigenvalue weighted by Crippen LogP contribution is -1.84. The normalized spacial score (nSPS) is 13.7. The van der Waals surface area contributed by atoms with Crippen LogP contribution in [-0.4, -0.2) is 0 Å². The van der Waals surface area contributed by atoms with Crippen molar-refractivity contribution in [1.29, 1.82) is 0 Å². The maximum absolute atomic E-state index is 3.32. The van der Waals surface area contributed by atoms with Crippen LogP contribution in [0.5, 0.6) is 0 Å². The fraction of sp³-hybridized carbons (Fsp3) is 0. The topological polar surface area (TPSA) is 12.0 Å². The summed E-state index contributed by atoms with van der Waals surface area (Å²) < 4.78 is 1.34. The summed E-state index contributed by atoms with van der Waals surface area (Å²) >= 11 is 1.82. The zero-order valence-electron chi connectivity index (χ0n) is 7.53. The first-order chi connectivity index (χ1) is 6.95. The number of allylic oxidation sites excluding steroid dienone is 2. The summed E-state index contributed by atoms with van der Waals surface area (Å²) in [6.45, 7) is 0. The molecule has 1 aliphatic rings. The van der Waals surface area contributed by atoms with Crippen molar-refractivity contribution in [2.24, 2.45) is 0 Å². The van der Waals surface area contributed by atoms with Crippen molar-refractivity contribution in [2.45, 2.75) is 0 Å². The van der Waals surface area contributed by atoms with Crippen LogP contribution in [-0.2, 0) is 0 Å². The maximum atomic E-state index is 3.32. The minimum absolute atomic E-state index is 1.23. The number of fused-ring (bicyclic) bond motifs is 3. The molecule has 1 nitrogen and oxygen atoms in total. The molecule has 1 aromatic heterocycles. The standard InChI is InChI=1S/C12H9NS/c1-2-6-10-9(5-1)12-11(14-10)7-3-4-8-13-12/h1-8,13H. The van der Waals surface area contributed by atoms with Crippen LogP contribution in [0.25, 0.3) is 16.2 Å². The van der Waals surface area contributed by atoms with Gasteiger partial charge in [0.2, 0.25) is 0 Å². The molecule has 0 bridgehead atoms. The van der Waals surface area contributed by atoms with E-state index in [0.29, 0.717) is 0 Å². The van der Waals surface area contributed by atoms with E-state index in [0.717, 1.165) is 0 Å². The molecule has 14 heavy (non-hydrogen) atoms. The fourth-order valence-corrected chi connectivity index (χ4v) is 2.74. The van der Waals surface area contributed by atoms with Crippen LogP contribution in [0.1, 0.15) is 4.88 Å². The van der Waals surface area contributed by atoms with Crippen LogP contribution in [0.4, 0.5) is 5.69 Å². The molecule has 2 aromatic rings. The minimum Gasteiger partial charge on any atom is -0.360 e. The quantitative estimate of drug-likeness (QED) is 0.679. The van der Waals surface area contributed by atoms with Gasteiger partial charge in [0.1, 0.15) is 0 Å². The molecule has 0 spiro atoms. The smallest absolute Gasteiger partial charge is 0.0642 e. The molecule has 0 saturated heterocycles. The third-order valence-electron chi connectivity index (χ3n) is 2.31. The molecule has 0 atom stereocenters. The van der Waals surface area contributed by atoms with Crippen LogP contribution in [0, 0.1) is 0 Å². The van der Waals surface area contributed by atoms with Gasteiger partial charge >= 0.3 is 0 Å². The van der Waals surface area contributed by atoms with Crippen LogP contribution < -0.4 is 5.32 Å². The van der Waals surface area contributed by atoms with Crippen LogP contribution >= 0.6 is 11.3 Å². The van der Waals surface area contributed by atoms with Crippen molar-refractivity contribution < 1.29 is 0 Å². The number of benzene rings is 1. The summed E-state index contributed by atoms with van der Waals surface area (Å²) in [5, 5.41) is 4.62. The zero-order chi connectivity index (χ0) is 9.38. The Labute approximate surface area is 86.4 Å². The highest BCUT2D eigenvalue weighted by Gasteiger charge is 2.08. The maximum Gasteiger partial charge on any atom is 0.0642 e. The van der Waals surface area contributed by atoms with Gasteiger partial charge < -0.3 is 5.32 Å². The van der Waals surface area contributed by atoms with Gasteiger partial charge in [0.25, 0.3) is 0 Å². The molecular weight excluding hydrogens is 190 g/mol. The predicted molar refractivity (Wildman–Crippen MR) is 63.6 cm³/mol. The highest BCUT2D eigenvalue weighted by molar-refractivity contribution is 7.20. The third kappa shape index (κ3) is 1.08. The largest absolute Gasteiger partial charge is 0.360 e. The van der Waals surface area contributed by atoms with Gasteiger partial charge in [-0.1, -0.05) is 24.3 Å². The van der Waals surface area contributed by atoms with E-state index in [9.17, 15) is 0 Å². The van der Waals surface area contributed by atoms with Crippen molar-refractivity contribution in [2.75, 3.05) is 5.32 Å². The Balaban J connectivity index is 2.37. The summed E-state index contributed by atoms with van der Waals surface area (Å²) in [6, 6.07) is 8.48. The van der Waals surface area contributed by atoms with Gasteiger partial charge in [0.15, 0.2) is 0 Å². The number of anilines is 1. The Morgan fingerprint density at radius 1 is 1.07 bits per heavy atom. The third-order valence-corrected chi connectivity index (χ3v) is 3.44. The second-order valence-corrected chi connectivity index (χ2v) is 4.28. The van der Waals surface area contributed by atoms with E-state index in [1.54, 1.807) is 0 Å². The average molecular weight is 199 g/mol. The predicted octanol–water partition coefficient (Wildman–Crippen LogP) is 3.85. The highest BCUT2D eigenvalue weighted by Crippen LogP contribution is 2.37. The van der Waals surface area contributed by atoms with Crippen LogP contribution in [0.15, 0.2) is 42.6 Å². The molecule has 2 heterocycles. The first-order valence-electron chi connectivity index (χ1n) is 4.56. The average Bonchev–Trinajstić information content (AvgIpc) is 2.42. The van der Waals surface area contributed by atoms with E-state index in [1.165, 1.54) is 20.7 Å². The van der Waals surface area contributed by atoms with Gasteiger partial charge in [-0.3, -0.25) is 0 Å². The van der Waals surface area contributed by atoms with E-state index in [-0.39, 0.29) is 0 Å². The zero-order valence-corrected chi connectivity index (χ0v) is 8.34. The Morgan fingerprint density at radius 3 is 3.00 bits per heavy atom. The number of nitrogens with one attached hydrogen (secondary N) is 1. The van der Waals surface area contributed by atoms with Gasteiger partial charge in [-0.05, 0) is 18.2 Å². The molecule has 0 amide bonds. The molecule has 68 valence electrons. The molecule has 1 aliphatic heterocycles. The molecule has 0 saturated carbocycles. The van der Waals surface area contributed by atoms with Crippen molar-refractivity contribution in [1.82, 2.24) is 0 Å². The Hall–Kier alpha value is -1.54. The summed E-state index contributed by atoms with van der Waals surface area (Å²) in [6.07, 6.45) is 8.20. The Kier molecular flexibility index (Phi) is 1.67. The van der Waals surface area contributed by atoms with E-state index in [2.05, 4.69) is 41.7 Å². The Bertz CT molecular complexity index is 534. The lowest BCUT2D eigenvalue weighted by atomic mass is 10.2. The summed E-state index contributed by atoms with van der Waals surface area (Å²) in [7, 11) is 0. The number of hydrogen-bond donors (Lipinski definition) is 1. The molecule has 2 heteroatoms. The molecule has 0 radical (unpaired) electrons. The fourth-order valence-electron chi connectivity index (χ4n) is 1.66. The van der Waals surface area contributed by atoms with Crippen molar-refractivity contribution in [3.63, 3.8) is 0 Å². The molecule has 0 fully saturated rings. The second-order valence-electron chi connectivity index (χ2n) is 3.20. The SMILES string of the molecule is C1=CNc2c(sc3ccccc23)C=C1. The molecule has 0 unspecified atom stereocenters. The van der Waals surface area contributed by atoms with Gasteiger partial charge in [0, 0.05) is 16.3 Å². The summed E-state index contributed by atoms with van der Waals surface area (Å²) in [5.41, 5.74) is 1.23. The lowest BCUT2D eigenvalue weighted by Gasteiger charge is -1.98. The van der Waals surface area contributed by atoms with Gasteiger partial charge in [0.05, 0.1) is 10.6 Å². The Morgan fingerprint density at radius 2 is 2.00 bits per heavy atom. The van der Waals surface area contributed by atoms with Crippen molar-refractivity contribution in [3.05, 3.63) is 47.5 Å². The molecule has 0 aliphatic carbocycles. The molecule has 1 N–H and O–H groups in total. The van der Waals surface area contributed by atoms with E-state index < -0.39 is 0 Å². The number of hydrogen-bond acceptors (Lipinski definition) is 2.